The molecule has 0 unspecified atom stereocenters. The Labute approximate surface area is 180 Å². The summed E-state index contributed by atoms with van der Waals surface area (Å²) < 4.78 is 40.8. The standard InChI is InChI=1S/C18H19BrN2O8S/c1-10-8-21(18(24)20-15(10)22)16-13(19)14(29-30(2,25)26)12(28-16)9-27-17(23)11-6-4-3-5-7-11/h3-8,12-14,16H,9H2,1-2H3,(H,20,22,24)/t12-,13+,14-,16-/m1/s1. The molecular weight excluding hydrogens is 484 g/mol. The van der Waals surface area contributed by atoms with E-state index in [1.54, 1.807) is 30.3 Å². The van der Waals surface area contributed by atoms with Crippen LogP contribution in [-0.4, -0.2) is 53.8 Å². The van der Waals surface area contributed by atoms with E-state index in [1.165, 1.54) is 13.1 Å². The summed E-state index contributed by atoms with van der Waals surface area (Å²) in [5.41, 5.74) is -0.703. The third-order valence-electron chi connectivity index (χ3n) is 4.36. The Hall–Kier alpha value is -2.28. The zero-order valence-corrected chi connectivity index (χ0v) is 18.4. The van der Waals surface area contributed by atoms with E-state index in [4.69, 9.17) is 13.7 Å². The predicted molar refractivity (Wildman–Crippen MR) is 109 cm³/mol. The molecule has 0 aliphatic carbocycles. The van der Waals surface area contributed by atoms with Crippen LogP contribution in [-0.2, 0) is 23.8 Å². The highest BCUT2D eigenvalue weighted by Crippen LogP contribution is 2.36. The highest BCUT2D eigenvalue weighted by atomic mass is 79.9. The van der Waals surface area contributed by atoms with Crippen molar-refractivity contribution >= 4 is 32.0 Å². The van der Waals surface area contributed by atoms with Gasteiger partial charge in [-0.2, -0.15) is 8.42 Å². The van der Waals surface area contributed by atoms with Gasteiger partial charge in [-0.1, -0.05) is 34.1 Å². The Kier molecular flexibility index (Phi) is 6.60. The lowest BCUT2D eigenvalue weighted by Crippen LogP contribution is -2.38. The van der Waals surface area contributed by atoms with Gasteiger partial charge in [-0.05, 0) is 19.1 Å². The van der Waals surface area contributed by atoms with Crippen molar-refractivity contribution in [2.75, 3.05) is 12.9 Å². The van der Waals surface area contributed by atoms with Gasteiger partial charge >= 0.3 is 11.7 Å². The molecule has 1 aromatic carbocycles. The Bertz CT molecular complexity index is 1140. The van der Waals surface area contributed by atoms with Crippen LogP contribution in [0.4, 0.5) is 0 Å². The molecule has 30 heavy (non-hydrogen) atoms. The fourth-order valence-corrected chi connectivity index (χ4v) is 4.58. The lowest BCUT2D eigenvalue weighted by molar-refractivity contribution is -0.0487. The molecule has 1 saturated heterocycles. The molecule has 10 nitrogen and oxygen atoms in total. The SMILES string of the molecule is Cc1cn([C@@H]2O[C@H](COC(=O)c3ccccc3)[C@@H](OS(C)(=O)=O)[C@@H]2Br)c(=O)[nH]c1=O. The molecule has 1 aliphatic heterocycles. The summed E-state index contributed by atoms with van der Waals surface area (Å²) in [4.78, 5) is 37.5. The summed E-state index contributed by atoms with van der Waals surface area (Å²) in [6.07, 6.45) is -0.923. The zero-order chi connectivity index (χ0) is 22.1. The van der Waals surface area contributed by atoms with Gasteiger partial charge in [0.25, 0.3) is 15.7 Å². The van der Waals surface area contributed by atoms with Crippen LogP contribution in [0.25, 0.3) is 0 Å². The number of nitrogens with one attached hydrogen (secondary N) is 1. The number of ether oxygens (including phenoxy) is 2. The zero-order valence-electron chi connectivity index (χ0n) is 16.0. The second kappa shape index (κ2) is 8.84. The first kappa shape index (κ1) is 22.4. The number of aryl methyl sites for hydroxylation is 1. The molecule has 1 N–H and O–H groups in total. The van der Waals surface area contributed by atoms with Crippen LogP contribution in [0.15, 0.2) is 46.1 Å². The van der Waals surface area contributed by atoms with Crippen molar-refractivity contribution in [3.8, 4) is 0 Å². The van der Waals surface area contributed by atoms with Gasteiger partial charge in [-0.25, -0.2) is 9.59 Å². The summed E-state index contributed by atoms with van der Waals surface area (Å²) in [5, 5.41) is 0. The lowest BCUT2D eigenvalue weighted by atomic mass is 10.2. The maximum absolute atomic E-state index is 12.2. The first-order valence-corrected chi connectivity index (χ1v) is 11.5. The number of hydrogen-bond acceptors (Lipinski definition) is 8. The Morgan fingerprint density at radius 1 is 1.27 bits per heavy atom. The topological polar surface area (TPSA) is 134 Å². The predicted octanol–water partition coefficient (Wildman–Crippen LogP) is 0.708. The quantitative estimate of drug-likeness (QED) is 0.346. The maximum Gasteiger partial charge on any atom is 0.338 e. The lowest BCUT2D eigenvalue weighted by Gasteiger charge is -2.19. The highest BCUT2D eigenvalue weighted by Gasteiger charge is 2.47. The number of carbonyl (C=O) groups excluding carboxylic acids is 1. The molecule has 1 aliphatic rings. The summed E-state index contributed by atoms with van der Waals surface area (Å²) >= 11 is 3.32. The van der Waals surface area contributed by atoms with Gasteiger partial charge in [0, 0.05) is 11.8 Å². The average Bonchev–Trinajstić information content (AvgIpc) is 2.97. The van der Waals surface area contributed by atoms with Crippen LogP contribution in [0.1, 0.15) is 22.1 Å². The number of aromatic amines is 1. The molecular formula is C18H19BrN2O8S. The van der Waals surface area contributed by atoms with Gasteiger partial charge < -0.3 is 9.47 Å². The Morgan fingerprint density at radius 2 is 1.93 bits per heavy atom. The van der Waals surface area contributed by atoms with Gasteiger partial charge in [0.2, 0.25) is 0 Å². The molecule has 2 heterocycles. The number of alkyl halides is 1. The molecule has 4 atom stereocenters. The summed E-state index contributed by atoms with van der Waals surface area (Å²) in [6.45, 7) is 1.19. The number of benzene rings is 1. The molecule has 0 saturated carbocycles. The van der Waals surface area contributed by atoms with Gasteiger partial charge in [-0.3, -0.25) is 18.5 Å². The van der Waals surface area contributed by atoms with Crippen LogP contribution in [0, 0.1) is 6.92 Å². The van der Waals surface area contributed by atoms with E-state index in [0.717, 1.165) is 10.8 Å². The third-order valence-corrected chi connectivity index (χ3v) is 5.91. The molecule has 0 bridgehead atoms. The number of H-pyrrole nitrogens is 1. The van der Waals surface area contributed by atoms with E-state index in [-0.39, 0.29) is 12.2 Å². The van der Waals surface area contributed by atoms with E-state index in [2.05, 4.69) is 20.9 Å². The van der Waals surface area contributed by atoms with Gasteiger partial charge in [-0.15, -0.1) is 0 Å². The van der Waals surface area contributed by atoms with Crippen molar-refractivity contribution in [3.05, 3.63) is 68.5 Å². The summed E-state index contributed by atoms with van der Waals surface area (Å²) in [7, 11) is -3.89. The second-order valence-electron chi connectivity index (χ2n) is 6.72. The first-order valence-electron chi connectivity index (χ1n) is 8.79. The number of esters is 1. The van der Waals surface area contributed by atoms with Gasteiger partial charge in [0.05, 0.1) is 16.6 Å². The molecule has 0 spiro atoms. The first-order chi connectivity index (χ1) is 14.1. The van der Waals surface area contributed by atoms with E-state index < -0.39 is 50.6 Å². The van der Waals surface area contributed by atoms with E-state index in [9.17, 15) is 22.8 Å². The summed E-state index contributed by atoms with van der Waals surface area (Å²) in [5.74, 6) is -0.621. The number of aromatic nitrogens is 2. The molecule has 2 aromatic rings. The smallest absolute Gasteiger partial charge is 0.338 e. The minimum Gasteiger partial charge on any atom is -0.459 e. The molecule has 0 radical (unpaired) electrons. The van der Waals surface area contributed by atoms with E-state index >= 15 is 0 Å². The average molecular weight is 503 g/mol. The van der Waals surface area contributed by atoms with Crippen LogP contribution in [0.5, 0.6) is 0 Å². The van der Waals surface area contributed by atoms with Crippen LogP contribution >= 0.6 is 15.9 Å². The van der Waals surface area contributed by atoms with Crippen LogP contribution < -0.4 is 11.2 Å². The van der Waals surface area contributed by atoms with Crippen molar-refractivity contribution in [2.45, 2.75) is 30.2 Å². The summed E-state index contributed by atoms with van der Waals surface area (Å²) in [6, 6.07) is 8.24. The number of carbonyl (C=O) groups is 1. The number of halogens is 1. The normalized spacial score (nSPS) is 24.0. The number of rotatable bonds is 6. The largest absolute Gasteiger partial charge is 0.459 e. The molecule has 1 fully saturated rings. The van der Waals surface area contributed by atoms with Crippen LogP contribution in [0.2, 0.25) is 0 Å². The Morgan fingerprint density at radius 3 is 2.57 bits per heavy atom. The van der Waals surface area contributed by atoms with Crippen molar-refractivity contribution in [3.63, 3.8) is 0 Å². The van der Waals surface area contributed by atoms with Crippen LogP contribution in [0.3, 0.4) is 0 Å². The molecule has 0 amide bonds. The maximum atomic E-state index is 12.2. The third kappa shape index (κ3) is 5.06. The van der Waals surface area contributed by atoms with Crippen molar-refractivity contribution in [1.82, 2.24) is 9.55 Å². The van der Waals surface area contributed by atoms with E-state index in [0.29, 0.717) is 5.56 Å². The van der Waals surface area contributed by atoms with Crippen molar-refractivity contribution < 1.29 is 26.9 Å². The van der Waals surface area contributed by atoms with Crippen molar-refractivity contribution in [2.24, 2.45) is 0 Å². The highest BCUT2D eigenvalue weighted by molar-refractivity contribution is 9.09. The van der Waals surface area contributed by atoms with Gasteiger partial charge in [0.15, 0.2) is 6.23 Å². The number of nitrogens with zero attached hydrogens (tertiary/aromatic N) is 1. The second-order valence-corrected chi connectivity index (χ2v) is 9.38. The Balaban J connectivity index is 1.85. The molecule has 3 rings (SSSR count). The minimum atomic E-state index is -3.89. The minimum absolute atomic E-state index is 0.262. The fourth-order valence-electron chi connectivity index (χ4n) is 2.96. The van der Waals surface area contributed by atoms with E-state index in [1.807, 2.05) is 0 Å². The monoisotopic (exact) mass is 502 g/mol. The fraction of sp³-hybridized carbons (Fsp3) is 0.389. The molecule has 12 heteroatoms. The molecule has 162 valence electrons. The van der Waals surface area contributed by atoms with Gasteiger partial charge in [0.1, 0.15) is 18.8 Å². The molecule has 1 aromatic heterocycles. The van der Waals surface area contributed by atoms with Crippen molar-refractivity contribution in [1.29, 1.82) is 0 Å². The number of hydrogen-bond donors (Lipinski definition) is 1.